The lowest BCUT2D eigenvalue weighted by atomic mass is 10.0. The van der Waals surface area contributed by atoms with E-state index >= 15 is 0 Å². The molecule has 1 N–H and O–H groups in total. The van der Waals surface area contributed by atoms with Crippen LogP contribution >= 0.6 is 0 Å². The second-order valence-corrected chi connectivity index (χ2v) is 7.02. The molecule has 4 rings (SSSR count). The standard InChI is InChI=1S/C23H26N2O3/c1-26-19-8-6-18-7-10-21(28-23(18)15-19)16-24-11-3-13-27-20-9-5-17-4-2-12-25-22(17)14-20/h2,4-6,8-9,12,14-15,21,24H,3,7,10-11,13,16H2,1H3. The molecule has 0 bridgehead atoms. The average molecular weight is 378 g/mol. The van der Waals surface area contributed by atoms with Crippen LogP contribution in [0.1, 0.15) is 18.4 Å². The molecule has 1 aliphatic rings. The molecular weight excluding hydrogens is 352 g/mol. The molecule has 5 nitrogen and oxygen atoms in total. The summed E-state index contributed by atoms with van der Waals surface area (Å²) in [4.78, 5) is 4.36. The predicted octanol–water partition coefficient (Wildman–Crippen LogP) is 4.00. The zero-order valence-electron chi connectivity index (χ0n) is 16.2. The van der Waals surface area contributed by atoms with Crippen LogP contribution in [-0.4, -0.2) is 37.9 Å². The first-order valence-corrected chi connectivity index (χ1v) is 9.84. The van der Waals surface area contributed by atoms with E-state index in [2.05, 4.69) is 22.4 Å². The number of methoxy groups -OCH3 is 1. The maximum absolute atomic E-state index is 6.11. The van der Waals surface area contributed by atoms with Crippen LogP contribution in [0.5, 0.6) is 17.2 Å². The lowest BCUT2D eigenvalue weighted by Crippen LogP contribution is -2.35. The number of hydrogen-bond acceptors (Lipinski definition) is 5. The van der Waals surface area contributed by atoms with Crippen molar-refractivity contribution in [3.8, 4) is 17.2 Å². The number of aromatic nitrogens is 1. The molecule has 0 saturated heterocycles. The fourth-order valence-corrected chi connectivity index (χ4v) is 3.46. The third-order valence-corrected chi connectivity index (χ3v) is 5.02. The van der Waals surface area contributed by atoms with Gasteiger partial charge in [0.15, 0.2) is 0 Å². The number of pyridine rings is 1. The van der Waals surface area contributed by atoms with E-state index in [1.54, 1.807) is 13.3 Å². The zero-order valence-corrected chi connectivity index (χ0v) is 16.2. The minimum absolute atomic E-state index is 0.201. The average Bonchev–Trinajstić information content (AvgIpc) is 2.75. The van der Waals surface area contributed by atoms with Crippen molar-refractivity contribution in [1.29, 1.82) is 0 Å². The van der Waals surface area contributed by atoms with Crippen LogP contribution in [0.2, 0.25) is 0 Å². The van der Waals surface area contributed by atoms with Crippen molar-refractivity contribution in [2.45, 2.75) is 25.4 Å². The number of fused-ring (bicyclic) bond motifs is 2. The largest absolute Gasteiger partial charge is 0.497 e. The van der Waals surface area contributed by atoms with Crippen molar-refractivity contribution < 1.29 is 14.2 Å². The molecule has 2 aromatic carbocycles. The second-order valence-electron chi connectivity index (χ2n) is 7.02. The molecule has 0 spiro atoms. The fourth-order valence-electron chi connectivity index (χ4n) is 3.46. The highest BCUT2D eigenvalue weighted by Crippen LogP contribution is 2.31. The third kappa shape index (κ3) is 4.54. The van der Waals surface area contributed by atoms with Crippen LogP contribution < -0.4 is 19.5 Å². The number of benzene rings is 2. The van der Waals surface area contributed by atoms with Crippen molar-refractivity contribution in [3.05, 3.63) is 60.3 Å². The number of aryl methyl sites for hydroxylation is 1. The summed E-state index contributed by atoms with van der Waals surface area (Å²) in [5.74, 6) is 2.66. The van der Waals surface area contributed by atoms with Gasteiger partial charge in [-0.25, -0.2) is 0 Å². The zero-order chi connectivity index (χ0) is 19.2. The van der Waals surface area contributed by atoms with Crippen molar-refractivity contribution in [2.75, 3.05) is 26.8 Å². The molecule has 3 aromatic rings. The van der Waals surface area contributed by atoms with E-state index in [0.717, 1.165) is 60.5 Å². The van der Waals surface area contributed by atoms with Gasteiger partial charge in [0.25, 0.3) is 0 Å². The Morgan fingerprint density at radius 3 is 3.00 bits per heavy atom. The van der Waals surface area contributed by atoms with Crippen LogP contribution in [0, 0.1) is 0 Å². The number of rotatable bonds is 8. The van der Waals surface area contributed by atoms with Crippen LogP contribution in [0.3, 0.4) is 0 Å². The second kappa shape index (κ2) is 8.93. The summed E-state index contributed by atoms with van der Waals surface area (Å²) in [6, 6.07) is 16.1. The predicted molar refractivity (Wildman–Crippen MR) is 110 cm³/mol. The molecule has 0 radical (unpaired) electrons. The Labute approximate surface area is 165 Å². The van der Waals surface area contributed by atoms with Crippen molar-refractivity contribution >= 4 is 10.9 Å². The molecule has 1 unspecified atom stereocenters. The molecule has 1 aromatic heterocycles. The molecule has 0 aliphatic carbocycles. The summed E-state index contributed by atoms with van der Waals surface area (Å²) < 4.78 is 17.3. The molecule has 1 aliphatic heterocycles. The Morgan fingerprint density at radius 2 is 2.07 bits per heavy atom. The molecule has 0 amide bonds. The topological polar surface area (TPSA) is 52.6 Å². The van der Waals surface area contributed by atoms with E-state index in [9.17, 15) is 0 Å². The molecule has 146 valence electrons. The van der Waals surface area contributed by atoms with Gasteiger partial charge in [-0.2, -0.15) is 0 Å². The summed E-state index contributed by atoms with van der Waals surface area (Å²) in [6.07, 6.45) is 5.03. The van der Waals surface area contributed by atoms with E-state index in [0.29, 0.717) is 6.61 Å². The number of ether oxygens (including phenoxy) is 3. The monoisotopic (exact) mass is 378 g/mol. The summed E-state index contributed by atoms with van der Waals surface area (Å²) in [5, 5.41) is 4.61. The molecule has 5 heteroatoms. The Bertz CT molecular complexity index is 929. The molecular formula is C23H26N2O3. The van der Waals surface area contributed by atoms with E-state index < -0.39 is 0 Å². The smallest absolute Gasteiger partial charge is 0.126 e. The first-order valence-electron chi connectivity index (χ1n) is 9.84. The molecule has 0 fully saturated rings. The Hall–Kier alpha value is -2.79. The quantitative estimate of drug-likeness (QED) is 0.601. The molecule has 1 atom stereocenters. The van der Waals surface area contributed by atoms with Crippen molar-refractivity contribution in [2.24, 2.45) is 0 Å². The van der Waals surface area contributed by atoms with E-state index in [4.69, 9.17) is 14.2 Å². The SMILES string of the molecule is COc1ccc2c(c1)OC(CNCCCOc1ccc3cccnc3c1)CC2. The van der Waals surface area contributed by atoms with Crippen LogP contribution in [0.15, 0.2) is 54.7 Å². The van der Waals surface area contributed by atoms with Gasteiger partial charge in [0.05, 0.1) is 19.2 Å². The van der Waals surface area contributed by atoms with Gasteiger partial charge >= 0.3 is 0 Å². The number of nitrogens with one attached hydrogen (secondary N) is 1. The van der Waals surface area contributed by atoms with Crippen LogP contribution in [0.4, 0.5) is 0 Å². The molecule has 0 saturated carbocycles. The van der Waals surface area contributed by atoms with Crippen LogP contribution in [-0.2, 0) is 6.42 Å². The fraction of sp³-hybridized carbons (Fsp3) is 0.348. The van der Waals surface area contributed by atoms with Gasteiger partial charge in [-0.15, -0.1) is 0 Å². The van der Waals surface area contributed by atoms with Gasteiger partial charge in [-0.1, -0.05) is 12.1 Å². The lowest BCUT2D eigenvalue weighted by molar-refractivity contribution is 0.169. The first kappa shape index (κ1) is 18.6. The highest BCUT2D eigenvalue weighted by molar-refractivity contribution is 5.79. The minimum atomic E-state index is 0.201. The summed E-state index contributed by atoms with van der Waals surface area (Å²) in [6.45, 7) is 2.42. The summed E-state index contributed by atoms with van der Waals surface area (Å²) in [5.41, 5.74) is 2.22. The van der Waals surface area contributed by atoms with E-state index in [1.165, 1.54) is 5.56 Å². The maximum Gasteiger partial charge on any atom is 0.126 e. The lowest BCUT2D eigenvalue weighted by Gasteiger charge is -2.26. The number of hydrogen-bond donors (Lipinski definition) is 1. The summed E-state index contributed by atoms with van der Waals surface area (Å²) >= 11 is 0. The molecule has 28 heavy (non-hydrogen) atoms. The summed E-state index contributed by atoms with van der Waals surface area (Å²) in [7, 11) is 1.68. The van der Waals surface area contributed by atoms with Gasteiger partial charge < -0.3 is 19.5 Å². The first-order chi connectivity index (χ1) is 13.8. The third-order valence-electron chi connectivity index (χ3n) is 5.02. The van der Waals surface area contributed by atoms with E-state index in [1.807, 2.05) is 36.4 Å². The van der Waals surface area contributed by atoms with Crippen molar-refractivity contribution in [1.82, 2.24) is 10.3 Å². The van der Waals surface area contributed by atoms with Gasteiger partial charge in [-0.05, 0) is 55.6 Å². The normalized spacial score (nSPS) is 15.7. The Balaban J connectivity index is 1.17. The Kier molecular flexibility index (Phi) is 5.92. The molecule has 2 heterocycles. The van der Waals surface area contributed by atoms with Crippen LogP contribution in [0.25, 0.3) is 10.9 Å². The van der Waals surface area contributed by atoms with Gasteiger partial charge in [0.1, 0.15) is 23.4 Å². The van der Waals surface area contributed by atoms with E-state index in [-0.39, 0.29) is 6.10 Å². The van der Waals surface area contributed by atoms with Gasteiger partial charge in [0.2, 0.25) is 0 Å². The minimum Gasteiger partial charge on any atom is -0.497 e. The number of nitrogens with zero attached hydrogens (tertiary/aromatic N) is 1. The highest BCUT2D eigenvalue weighted by atomic mass is 16.5. The van der Waals surface area contributed by atoms with Gasteiger partial charge in [0, 0.05) is 30.3 Å². The maximum atomic E-state index is 6.11. The Morgan fingerprint density at radius 1 is 1.14 bits per heavy atom. The highest BCUT2D eigenvalue weighted by Gasteiger charge is 2.19. The van der Waals surface area contributed by atoms with Gasteiger partial charge in [-0.3, -0.25) is 4.98 Å². The van der Waals surface area contributed by atoms with Crippen molar-refractivity contribution in [3.63, 3.8) is 0 Å².